The Balaban J connectivity index is 2.72. The largest absolute Gasteiger partial charge is 0.480 e. The van der Waals surface area contributed by atoms with Gasteiger partial charge in [0.25, 0.3) is 5.91 Å². The predicted octanol–water partition coefficient (Wildman–Crippen LogP) is 1.16. The molecule has 0 saturated carbocycles. The molecule has 0 unspecified atom stereocenters. The second kappa shape index (κ2) is 6.95. The number of aromatic nitrogens is 1. The van der Waals surface area contributed by atoms with Crippen molar-refractivity contribution in [1.29, 1.82) is 0 Å². The topological polar surface area (TPSA) is 79.3 Å². The lowest BCUT2D eigenvalue weighted by molar-refractivity contribution is -0.139. The molecule has 0 saturated heterocycles. The lowest BCUT2D eigenvalue weighted by atomic mass is 10.2. The van der Waals surface area contributed by atoms with E-state index in [4.69, 9.17) is 5.11 Å². The summed E-state index contributed by atoms with van der Waals surface area (Å²) in [5, 5.41) is 11.2. The minimum atomic E-state index is -1.13. The molecule has 7 heteroatoms. The summed E-state index contributed by atoms with van der Waals surface area (Å²) in [4.78, 5) is 26.1. The number of pyridine rings is 1. The fourth-order valence-electron chi connectivity index (χ4n) is 1.29. The van der Waals surface area contributed by atoms with Gasteiger partial charge in [0.15, 0.2) is 5.82 Å². The van der Waals surface area contributed by atoms with E-state index in [-0.39, 0.29) is 12.0 Å². The maximum absolute atomic E-state index is 13.3. The van der Waals surface area contributed by atoms with Crippen molar-refractivity contribution in [2.24, 2.45) is 0 Å². The first-order chi connectivity index (χ1) is 8.56. The highest BCUT2D eigenvalue weighted by Crippen LogP contribution is 2.06. The molecular formula is C11H13FN2O3S. The van der Waals surface area contributed by atoms with Gasteiger partial charge >= 0.3 is 5.97 Å². The number of hydrogen-bond donors (Lipinski definition) is 2. The molecule has 2 N–H and O–H groups in total. The summed E-state index contributed by atoms with van der Waals surface area (Å²) >= 11 is 1.47. The van der Waals surface area contributed by atoms with Crippen molar-refractivity contribution in [3.8, 4) is 0 Å². The number of carbonyl (C=O) groups excluding carboxylic acids is 1. The Morgan fingerprint density at radius 1 is 1.61 bits per heavy atom. The first-order valence-corrected chi connectivity index (χ1v) is 6.57. The van der Waals surface area contributed by atoms with Crippen LogP contribution in [-0.2, 0) is 4.79 Å². The van der Waals surface area contributed by atoms with Crippen LogP contribution in [0.4, 0.5) is 4.39 Å². The summed E-state index contributed by atoms with van der Waals surface area (Å²) in [5.41, 5.74) is -0.208. The number of aliphatic carboxylic acids is 1. The standard InChI is InChI=1S/C11H13FN2O3S/c1-18-5-3-9(11(16)17)14-10(15)7-2-4-13-6-8(7)12/h2,4,6,9H,3,5H2,1H3,(H,14,15)(H,16,17)/t9-/m1/s1. The summed E-state index contributed by atoms with van der Waals surface area (Å²) in [6.07, 6.45) is 4.31. The molecule has 0 aromatic carbocycles. The average molecular weight is 272 g/mol. The summed E-state index contributed by atoms with van der Waals surface area (Å²) in [7, 11) is 0. The minimum absolute atomic E-state index is 0.208. The van der Waals surface area contributed by atoms with Gasteiger partial charge in [-0.2, -0.15) is 11.8 Å². The van der Waals surface area contributed by atoms with Crippen LogP contribution in [-0.4, -0.2) is 40.0 Å². The van der Waals surface area contributed by atoms with Crippen LogP contribution in [0.2, 0.25) is 0 Å². The Morgan fingerprint density at radius 2 is 2.33 bits per heavy atom. The number of rotatable bonds is 6. The molecule has 98 valence electrons. The van der Waals surface area contributed by atoms with Crippen LogP contribution >= 0.6 is 11.8 Å². The molecule has 5 nitrogen and oxygen atoms in total. The number of nitrogens with zero attached hydrogens (tertiary/aromatic N) is 1. The van der Waals surface area contributed by atoms with Crippen LogP contribution in [0.1, 0.15) is 16.8 Å². The van der Waals surface area contributed by atoms with Crippen LogP contribution in [0.25, 0.3) is 0 Å². The van der Waals surface area contributed by atoms with Gasteiger partial charge in [-0.1, -0.05) is 0 Å². The van der Waals surface area contributed by atoms with Gasteiger partial charge in [0, 0.05) is 6.20 Å². The molecule has 0 radical (unpaired) electrons. The van der Waals surface area contributed by atoms with Crippen molar-refractivity contribution >= 4 is 23.6 Å². The normalized spacial score (nSPS) is 11.9. The van der Waals surface area contributed by atoms with Crippen molar-refractivity contribution in [3.05, 3.63) is 29.8 Å². The first-order valence-electron chi connectivity index (χ1n) is 5.18. The van der Waals surface area contributed by atoms with E-state index in [9.17, 15) is 14.0 Å². The lowest BCUT2D eigenvalue weighted by Crippen LogP contribution is -2.41. The van der Waals surface area contributed by atoms with Gasteiger partial charge in [0.2, 0.25) is 0 Å². The second-order valence-corrected chi connectivity index (χ2v) is 4.49. The van der Waals surface area contributed by atoms with Gasteiger partial charge < -0.3 is 10.4 Å². The van der Waals surface area contributed by atoms with Crippen molar-refractivity contribution < 1.29 is 19.1 Å². The molecule has 0 aliphatic heterocycles. The van der Waals surface area contributed by atoms with Crippen molar-refractivity contribution in [2.45, 2.75) is 12.5 Å². The van der Waals surface area contributed by atoms with Crippen molar-refractivity contribution in [3.63, 3.8) is 0 Å². The highest BCUT2D eigenvalue weighted by Gasteiger charge is 2.21. The Hall–Kier alpha value is -1.63. The third-order valence-electron chi connectivity index (χ3n) is 2.23. The van der Waals surface area contributed by atoms with Gasteiger partial charge in [-0.05, 0) is 24.5 Å². The van der Waals surface area contributed by atoms with E-state index in [0.717, 1.165) is 6.20 Å². The van der Waals surface area contributed by atoms with Gasteiger partial charge in [-0.3, -0.25) is 9.78 Å². The van der Waals surface area contributed by atoms with Gasteiger partial charge in [-0.15, -0.1) is 0 Å². The summed E-state index contributed by atoms with van der Waals surface area (Å²) in [6.45, 7) is 0. The Morgan fingerprint density at radius 3 is 2.89 bits per heavy atom. The highest BCUT2D eigenvalue weighted by atomic mass is 32.2. The zero-order chi connectivity index (χ0) is 13.5. The predicted molar refractivity (Wildman–Crippen MR) is 66.1 cm³/mol. The zero-order valence-corrected chi connectivity index (χ0v) is 10.5. The Bertz CT molecular complexity index is 442. The molecule has 1 rings (SSSR count). The van der Waals surface area contributed by atoms with Crippen LogP contribution in [0.5, 0.6) is 0 Å². The molecule has 0 spiro atoms. The molecule has 1 aromatic rings. The molecule has 1 amide bonds. The third-order valence-corrected chi connectivity index (χ3v) is 2.88. The maximum Gasteiger partial charge on any atom is 0.326 e. The number of carboxylic acids is 1. The summed E-state index contributed by atoms with van der Waals surface area (Å²) in [6, 6.07) is 0.190. The molecule has 0 aliphatic rings. The zero-order valence-electron chi connectivity index (χ0n) is 9.72. The molecule has 1 heterocycles. The van der Waals surface area contributed by atoms with Gasteiger partial charge in [0.05, 0.1) is 11.8 Å². The van der Waals surface area contributed by atoms with Crippen LogP contribution in [0.15, 0.2) is 18.5 Å². The van der Waals surface area contributed by atoms with E-state index in [2.05, 4.69) is 10.3 Å². The number of carboxylic acid groups (broad SMARTS) is 1. The second-order valence-electron chi connectivity index (χ2n) is 3.50. The van der Waals surface area contributed by atoms with E-state index in [1.165, 1.54) is 24.0 Å². The maximum atomic E-state index is 13.3. The van der Waals surface area contributed by atoms with Crippen LogP contribution in [0.3, 0.4) is 0 Å². The van der Waals surface area contributed by atoms with Crippen LogP contribution in [0, 0.1) is 5.82 Å². The van der Waals surface area contributed by atoms with E-state index in [1.807, 2.05) is 6.26 Å². The lowest BCUT2D eigenvalue weighted by Gasteiger charge is -2.14. The van der Waals surface area contributed by atoms with Crippen molar-refractivity contribution in [1.82, 2.24) is 10.3 Å². The van der Waals surface area contributed by atoms with Crippen LogP contribution < -0.4 is 5.32 Å². The SMILES string of the molecule is CSCC[C@@H](NC(=O)c1ccncc1F)C(=O)O. The van der Waals surface area contributed by atoms with Gasteiger partial charge in [0.1, 0.15) is 6.04 Å². The molecular weight excluding hydrogens is 259 g/mol. The molecule has 0 fully saturated rings. The highest BCUT2D eigenvalue weighted by molar-refractivity contribution is 7.98. The van der Waals surface area contributed by atoms with Crippen molar-refractivity contribution in [2.75, 3.05) is 12.0 Å². The molecule has 1 aromatic heterocycles. The first kappa shape index (κ1) is 14.4. The molecule has 1 atom stereocenters. The number of halogens is 1. The molecule has 18 heavy (non-hydrogen) atoms. The Kier molecular flexibility index (Phi) is 5.57. The summed E-state index contributed by atoms with van der Waals surface area (Å²) in [5.74, 6) is -2.06. The smallest absolute Gasteiger partial charge is 0.326 e. The number of amides is 1. The Labute approximate surface area is 108 Å². The van der Waals surface area contributed by atoms with E-state index in [0.29, 0.717) is 5.75 Å². The monoisotopic (exact) mass is 272 g/mol. The third kappa shape index (κ3) is 3.99. The van der Waals surface area contributed by atoms with E-state index >= 15 is 0 Å². The molecule has 0 bridgehead atoms. The van der Waals surface area contributed by atoms with E-state index < -0.39 is 23.7 Å². The number of nitrogens with one attached hydrogen (secondary N) is 1. The van der Waals surface area contributed by atoms with Gasteiger partial charge in [-0.25, -0.2) is 9.18 Å². The number of thioether (sulfide) groups is 1. The quantitative estimate of drug-likeness (QED) is 0.812. The number of hydrogen-bond acceptors (Lipinski definition) is 4. The number of carbonyl (C=O) groups is 2. The molecule has 0 aliphatic carbocycles. The summed E-state index contributed by atoms with van der Waals surface area (Å²) < 4.78 is 13.3. The van der Waals surface area contributed by atoms with E-state index in [1.54, 1.807) is 0 Å². The fraction of sp³-hybridized carbons (Fsp3) is 0.364. The fourth-order valence-corrected chi connectivity index (χ4v) is 1.76. The minimum Gasteiger partial charge on any atom is -0.480 e. The average Bonchev–Trinajstić information content (AvgIpc) is 2.34.